The van der Waals surface area contributed by atoms with Crippen molar-refractivity contribution < 1.29 is 19.4 Å². The number of ketones is 1. The second-order valence-electron chi connectivity index (χ2n) is 7.69. The zero-order valence-corrected chi connectivity index (χ0v) is 17.5. The second kappa shape index (κ2) is 8.03. The molecule has 6 heteroatoms. The van der Waals surface area contributed by atoms with Crippen LogP contribution in [-0.4, -0.2) is 34.8 Å². The average molecular weight is 412 g/mol. The molecule has 2 aromatic rings. The first kappa shape index (κ1) is 19.7. The van der Waals surface area contributed by atoms with Gasteiger partial charge in [0.2, 0.25) is 0 Å². The lowest BCUT2D eigenvalue weighted by molar-refractivity contribution is -0.141. The number of carbonyl (C=O) groups is 2. The molecule has 2 heterocycles. The zero-order valence-electron chi connectivity index (χ0n) is 16.7. The van der Waals surface area contributed by atoms with E-state index < -0.39 is 17.7 Å². The topological polar surface area (TPSA) is 66.8 Å². The maximum absolute atomic E-state index is 13.1. The van der Waals surface area contributed by atoms with Gasteiger partial charge in [0.15, 0.2) is 0 Å². The Morgan fingerprint density at radius 3 is 2.55 bits per heavy atom. The van der Waals surface area contributed by atoms with Crippen molar-refractivity contribution >= 4 is 28.8 Å². The van der Waals surface area contributed by atoms with Crippen LogP contribution in [0.5, 0.6) is 5.75 Å². The first-order chi connectivity index (χ1) is 14.0. The third-order valence-electron chi connectivity index (χ3n) is 5.95. The molecule has 0 spiro atoms. The highest BCUT2D eigenvalue weighted by Gasteiger charge is 2.49. The van der Waals surface area contributed by atoms with E-state index in [0.29, 0.717) is 11.3 Å². The largest absolute Gasteiger partial charge is 0.507 e. The molecule has 1 aromatic heterocycles. The molecule has 1 unspecified atom stereocenters. The highest BCUT2D eigenvalue weighted by atomic mass is 32.1. The van der Waals surface area contributed by atoms with Gasteiger partial charge in [-0.3, -0.25) is 9.59 Å². The molecule has 1 aromatic carbocycles. The maximum Gasteiger partial charge on any atom is 0.295 e. The number of nitrogens with zero attached hydrogens (tertiary/aromatic N) is 1. The summed E-state index contributed by atoms with van der Waals surface area (Å²) in [5.74, 6) is -0.526. The molecule has 1 N–H and O–H groups in total. The predicted molar refractivity (Wildman–Crippen MR) is 113 cm³/mol. The minimum absolute atomic E-state index is 0.0366. The summed E-state index contributed by atoms with van der Waals surface area (Å²) in [5.41, 5.74) is 1.53. The van der Waals surface area contributed by atoms with Crippen LogP contribution in [0.15, 0.2) is 41.3 Å². The molecule has 1 saturated carbocycles. The minimum Gasteiger partial charge on any atom is -0.507 e. The Morgan fingerprint density at radius 2 is 1.93 bits per heavy atom. The molecule has 0 bridgehead atoms. The van der Waals surface area contributed by atoms with Gasteiger partial charge in [0, 0.05) is 16.5 Å². The average Bonchev–Trinajstić information content (AvgIpc) is 3.35. The van der Waals surface area contributed by atoms with Crippen LogP contribution in [0.2, 0.25) is 0 Å². The van der Waals surface area contributed by atoms with Crippen LogP contribution < -0.4 is 4.74 Å². The summed E-state index contributed by atoms with van der Waals surface area (Å²) in [7, 11) is 1.58. The highest BCUT2D eigenvalue weighted by molar-refractivity contribution is 7.10. The van der Waals surface area contributed by atoms with E-state index in [1.165, 1.54) is 11.3 Å². The Hall–Kier alpha value is -2.60. The number of amides is 1. The number of Topliss-reactive ketones (excluding diaryl/α,β-unsaturated/α-hetero) is 1. The molecule has 152 valence electrons. The summed E-state index contributed by atoms with van der Waals surface area (Å²) in [6, 6.07) is 8.66. The van der Waals surface area contributed by atoms with Crippen molar-refractivity contribution in [3.63, 3.8) is 0 Å². The molecule has 0 radical (unpaired) electrons. The highest BCUT2D eigenvalue weighted by Crippen LogP contribution is 2.44. The minimum atomic E-state index is -0.596. The molecule has 29 heavy (non-hydrogen) atoms. The fraction of sp³-hybridized carbons (Fsp3) is 0.391. The van der Waals surface area contributed by atoms with E-state index in [-0.39, 0.29) is 17.4 Å². The Labute approximate surface area is 174 Å². The van der Waals surface area contributed by atoms with Crippen molar-refractivity contribution in [1.29, 1.82) is 0 Å². The van der Waals surface area contributed by atoms with Gasteiger partial charge >= 0.3 is 0 Å². The number of hydrogen-bond acceptors (Lipinski definition) is 5. The Bertz CT molecular complexity index is 957. The first-order valence-electron chi connectivity index (χ1n) is 10.0. The second-order valence-corrected chi connectivity index (χ2v) is 8.67. The lowest BCUT2D eigenvalue weighted by atomic mass is 9.92. The number of ether oxygens (including phenoxy) is 1. The van der Waals surface area contributed by atoms with Crippen LogP contribution in [0.1, 0.15) is 54.1 Å². The molecule has 1 aliphatic heterocycles. The van der Waals surface area contributed by atoms with Crippen LogP contribution in [0.25, 0.3) is 5.76 Å². The number of aliphatic hydroxyl groups excluding tert-OH is 1. The lowest BCUT2D eigenvalue weighted by Gasteiger charge is -2.34. The van der Waals surface area contributed by atoms with E-state index in [9.17, 15) is 14.7 Å². The van der Waals surface area contributed by atoms with Crippen LogP contribution in [0, 0.1) is 6.92 Å². The van der Waals surface area contributed by atoms with Gasteiger partial charge in [-0.25, -0.2) is 0 Å². The number of likely N-dealkylation sites (tertiary alicyclic amines) is 1. The monoisotopic (exact) mass is 411 g/mol. The number of thiophene rings is 1. The molecule has 5 nitrogen and oxygen atoms in total. The first-order valence-corrected chi connectivity index (χ1v) is 10.9. The van der Waals surface area contributed by atoms with Crippen LogP contribution in [-0.2, 0) is 9.59 Å². The summed E-state index contributed by atoms with van der Waals surface area (Å²) in [6.07, 6.45) is 5.08. The lowest BCUT2D eigenvalue weighted by Crippen LogP contribution is -2.40. The van der Waals surface area contributed by atoms with E-state index in [2.05, 4.69) is 0 Å². The van der Waals surface area contributed by atoms with E-state index in [4.69, 9.17) is 4.74 Å². The molecular formula is C23H25NO4S. The number of carbonyl (C=O) groups excluding carboxylic acids is 2. The molecular weight excluding hydrogens is 386 g/mol. The zero-order chi connectivity index (χ0) is 20.5. The fourth-order valence-electron chi connectivity index (χ4n) is 4.49. The van der Waals surface area contributed by atoms with Crippen molar-refractivity contribution in [3.8, 4) is 5.75 Å². The summed E-state index contributed by atoms with van der Waals surface area (Å²) in [5, 5.41) is 13.1. The SMILES string of the molecule is COc1ccc(/C(O)=C2/C(=O)C(=O)N(C3CCCCC3)C2c2cccs2)c(C)c1. The Balaban J connectivity index is 1.85. The number of aliphatic hydroxyl groups is 1. The number of hydrogen-bond donors (Lipinski definition) is 1. The van der Waals surface area contributed by atoms with Gasteiger partial charge in [0.05, 0.1) is 18.7 Å². The molecule has 1 atom stereocenters. The number of benzene rings is 1. The van der Waals surface area contributed by atoms with Crippen molar-refractivity contribution in [3.05, 3.63) is 57.3 Å². The molecule has 2 aliphatic rings. The van der Waals surface area contributed by atoms with Gasteiger partial charge < -0.3 is 14.7 Å². The van der Waals surface area contributed by atoms with Crippen molar-refractivity contribution in [2.45, 2.75) is 51.1 Å². The molecule has 4 rings (SSSR count). The van der Waals surface area contributed by atoms with Gasteiger partial charge in [-0.15, -0.1) is 11.3 Å². The molecule has 1 aliphatic carbocycles. The summed E-state index contributed by atoms with van der Waals surface area (Å²) in [4.78, 5) is 28.8. The van der Waals surface area contributed by atoms with Gasteiger partial charge in [0.25, 0.3) is 11.7 Å². The summed E-state index contributed by atoms with van der Waals surface area (Å²) in [6.45, 7) is 1.86. The van der Waals surface area contributed by atoms with Crippen molar-refractivity contribution in [2.75, 3.05) is 7.11 Å². The number of rotatable bonds is 4. The Kier molecular flexibility index (Phi) is 5.46. The quantitative estimate of drug-likeness (QED) is 0.445. The van der Waals surface area contributed by atoms with Gasteiger partial charge in [0.1, 0.15) is 11.5 Å². The fourth-order valence-corrected chi connectivity index (χ4v) is 5.32. The van der Waals surface area contributed by atoms with Gasteiger partial charge in [-0.2, -0.15) is 0 Å². The Morgan fingerprint density at radius 1 is 1.17 bits per heavy atom. The number of methoxy groups -OCH3 is 1. The van der Waals surface area contributed by atoms with Crippen molar-refractivity contribution in [2.24, 2.45) is 0 Å². The van der Waals surface area contributed by atoms with E-state index in [1.807, 2.05) is 30.5 Å². The third kappa shape index (κ3) is 3.46. The van der Waals surface area contributed by atoms with Gasteiger partial charge in [-0.1, -0.05) is 25.3 Å². The normalized spacial score (nSPS) is 22.3. The summed E-state index contributed by atoms with van der Waals surface area (Å²) < 4.78 is 5.24. The smallest absolute Gasteiger partial charge is 0.295 e. The predicted octanol–water partition coefficient (Wildman–Crippen LogP) is 4.82. The van der Waals surface area contributed by atoms with Crippen LogP contribution >= 0.6 is 11.3 Å². The molecule has 1 saturated heterocycles. The molecule has 1 amide bonds. The van der Waals surface area contributed by atoms with Crippen LogP contribution in [0.3, 0.4) is 0 Å². The van der Waals surface area contributed by atoms with E-state index in [1.54, 1.807) is 24.1 Å². The maximum atomic E-state index is 13.1. The van der Waals surface area contributed by atoms with E-state index in [0.717, 1.165) is 42.5 Å². The van der Waals surface area contributed by atoms with E-state index >= 15 is 0 Å². The number of aryl methyl sites for hydroxylation is 1. The summed E-state index contributed by atoms with van der Waals surface area (Å²) >= 11 is 1.51. The molecule has 2 fully saturated rings. The van der Waals surface area contributed by atoms with Crippen molar-refractivity contribution in [1.82, 2.24) is 4.90 Å². The van der Waals surface area contributed by atoms with Gasteiger partial charge in [-0.05, 0) is 55.0 Å². The van der Waals surface area contributed by atoms with Crippen LogP contribution in [0.4, 0.5) is 0 Å². The third-order valence-corrected chi connectivity index (χ3v) is 6.87. The standard InChI is InChI=1S/C23H25NO4S/c1-14-13-16(28-2)10-11-17(14)21(25)19-20(18-9-6-12-29-18)24(23(27)22(19)26)15-7-4-3-5-8-15/h6,9-13,15,20,25H,3-5,7-8H2,1-2H3/b21-19-.